The Morgan fingerprint density at radius 1 is 1.45 bits per heavy atom. The molecule has 0 spiro atoms. The molecule has 22 heavy (non-hydrogen) atoms. The normalized spacial score (nSPS) is 21.0. The van der Waals surface area contributed by atoms with Crippen molar-refractivity contribution in [2.24, 2.45) is 0 Å². The van der Waals surface area contributed by atoms with E-state index < -0.39 is 6.10 Å². The third-order valence-electron chi connectivity index (χ3n) is 3.73. The topological polar surface area (TPSA) is 50.7 Å². The Kier molecular flexibility index (Phi) is 7.41. The molecule has 2 N–H and O–H groups in total. The second-order valence-electron chi connectivity index (χ2n) is 5.62. The molecule has 1 fully saturated rings. The van der Waals surface area contributed by atoms with Crippen molar-refractivity contribution in [3.05, 3.63) is 33.8 Å². The molecule has 1 aliphatic heterocycles. The highest BCUT2D eigenvalue weighted by atomic mass is 35.5. The van der Waals surface area contributed by atoms with Crippen molar-refractivity contribution in [1.29, 1.82) is 0 Å². The van der Waals surface area contributed by atoms with Crippen LogP contribution >= 0.6 is 23.2 Å². The number of aliphatic hydroxyl groups is 1. The van der Waals surface area contributed by atoms with Crippen LogP contribution in [0.15, 0.2) is 18.2 Å². The van der Waals surface area contributed by atoms with E-state index in [9.17, 15) is 5.11 Å². The number of hydrogen-bond acceptors (Lipinski definition) is 4. The van der Waals surface area contributed by atoms with Gasteiger partial charge in [-0.3, -0.25) is 0 Å². The van der Waals surface area contributed by atoms with Crippen molar-refractivity contribution in [2.45, 2.75) is 38.0 Å². The van der Waals surface area contributed by atoms with Gasteiger partial charge in [0.15, 0.2) is 0 Å². The molecule has 0 aromatic heterocycles. The van der Waals surface area contributed by atoms with Crippen molar-refractivity contribution < 1.29 is 14.6 Å². The fourth-order valence-corrected chi connectivity index (χ4v) is 3.02. The fourth-order valence-electron chi connectivity index (χ4n) is 2.45. The third-order valence-corrected chi connectivity index (χ3v) is 4.29. The van der Waals surface area contributed by atoms with E-state index >= 15 is 0 Å². The van der Waals surface area contributed by atoms with E-state index in [1.807, 2.05) is 19.1 Å². The van der Waals surface area contributed by atoms with Crippen molar-refractivity contribution in [3.8, 4) is 0 Å². The highest BCUT2D eigenvalue weighted by molar-refractivity contribution is 6.35. The summed E-state index contributed by atoms with van der Waals surface area (Å²) in [5.41, 5.74) is 0.957. The van der Waals surface area contributed by atoms with E-state index in [0.717, 1.165) is 25.0 Å². The summed E-state index contributed by atoms with van der Waals surface area (Å²) in [4.78, 5) is 0. The van der Waals surface area contributed by atoms with E-state index in [1.54, 1.807) is 6.07 Å². The van der Waals surface area contributed by atoms with Crippen LogP contribution in [0.1, 0.15) is 31.4 Å². The number of ether oxygens (including phenoxy) is 2. The van der Waals surface area contributed by atoms with Crippen LogP contribution in [0, 0.1) is 0 Å². The van der Waals surface area contributed by atoms with Crippen molar-refractivity contribution in [2.75, 3.05) is 26.4 Å². The van der Waals surface area contributed by atoms with Gasteiger partial charge in [-0.25, -0.2) is 0 Å². The molecule has 4 nitrogen and oxygen atoms in total. The van der Waals surface area contributed by atoms with Crippen LogP contribution < -0.4 is 5.32 Å². The zero-order chi connectivity index (χ0) is 15.9. The van der Waals surface area contributed by atoms with Gasteiger partial charge in [-0.05, 0) is 37.5 Å². The summed E-state index contributed by atoms with van der Waals surface area (Å²) >= 11 is 12.1. The minimum Gasteiger partial charge on any atom is -0.389 e. The van der Waals surface area contributed by atoms with Crippen LogP contribution in [-0.4, -0.2) is 43.7 Å². The largest absolute Gasteiger partial charge is 0.389 e. The summed E-state index contributed by atoms with van der Waals surface area (Å²) in [6.45, 7) is 4.10. The van der Waals surface area contributed by atoms with Gasteiger partial charge in [0.05, 0.1) is 25.4 Å². The van der Waals surface area contributed by atoms with Gasteiger partial charge >= 0.3 is 0 Å². The molecule has 3 atom stereocenters. The van der Waals surface area contributed by atoms with Gasteiger partial charge < -0.3 is 19.9 Å². The fraction of sp³-hybridized carbons (Fsp3) is 0.625. The highest BCUT2D eigenvalue weighted by Crippen LogP contribution is 2.25. The average molecular weight is 348 g/mol. The number of rotatable bonds is 8. The monoisotopic (exact) mass is 347 g/mol. The molecule has 1 aliphatic rings. The number of nitrogens with one attached hydrogen (secondary N) is 1. The van der Waals surface area contributed by atoms with Gasteiger partial charge in [0.25, 0.3) is 0 Å². The maximum absolute atomic E-state index is 9.95. The molecule has 124 valence electrons. The molecule has 2 rings (SSSR count). The molecular formula is C16H23Cl2NO3. The predicted molar refractivity (Wildman–Crippen MR) is 88.7 cm³/mol. The summed E-state index contributed by atoms with van der Waals surface area (Å²) in [5.74, 6) is 0. The Balaban J connectivity index is 1.67. The Morgan fingerprint density at radius 3 is 2.95 bits per heavy atom. The van der Waals surface area contributed by atoms with Gasteiger partial charge in [-0.2, -0.15) is 0 Å². The second kappa shape index (κ2) is 9.06. The first-order chi connectivity index (χ1) is 10.6. The summed E-state index contributed by atoms with van der Waals surface area (Å²) in [5, 5.41) is 14.4. The summed E-state index contributed by atoms with van der Waals surface area (Å²) in [6, 6.07) is 5.44. The van der Waals surface area contributed by atoms with Crippen LogP contribution in [0.5, 0.6) is 0 Å². The first-order valence-electron chi connectivity index (χ1n) is 7.62. The Labute approximate surface area is 141 Å². The standard InChI is InChI=1S/C16H23Cl2NO3/c1-11(15-5-4-12(17)7-16(15)18)19-8-13(20)9-21-10-14-3-2-6-22-14/h4-5,7,11,13-14,19-20H,2-3,6,8-10H2,1H3. The van der Waals surface area contributed by atoms with Crippen LogP contribution in [-0.2, 0) is 9.47 Å². The van der Waals surface area contributed by atoms with E-state index in [0.29, 0.717) is 29.8 Å². The number of aliphatic hydroxyl groups excluding tert-OH is 1. The lowest BCUT2D eigenvalue weighted by molar-refractivity contribution is -0.0168. The second-order valence-corrected chi connectivity index (χ2v) is 6.47. The van der Waals surface area contributed by atoms with Gasteiger partial charge in [0.1, 0.15) is 0 Å². The SMILES string of the molecule is CC(NCC(O)COCC1CCCO1)c1ccc(Cl)cc1Cl. The molecule has 6 heteroatoms. The van der Waals surface area contributed by atoms with Crippen LogP contribution in [0.3, 0.4) is 0 Å². The van der Waals surface area contributed by atoms with Gasteiger partial charge in [-0.1, -0.05) is 29.3 Å². The van der Waals surface area contributed by atoms with E-state index in [1.165, 1.54) is 0 Å². The molecule has 1 aromatic carbocycles. The van der Waals surface area contributed by atoms with E-state index in [-0.39, 0.29) is 12.1 Å². The average Bonchev–Trinajstić information content (AvgIpc) is 2.98. The molecule has 3 unspecified atom stereocenters. The van der Waals surface area contributed by atoms with Crippen molar-refractivity contribution in [1.82, 2.24) is 5.32 Å². The third kappa shape index (κ3) is 5.69. The molecule has 0 bridgehead atoms. The van der Waals surface area contributed by atoms with E-state index in [2.05, 4.69) is 5.32 Å². The van der Waals surface area contributed by atoms with Crippen molar-refractivity contribution >= 4 is 23.2 Å². The quantitative estimate of drug-likeness (QED) is 0.758. The minimum atomic E-state index is -0.560. The lowest BCUT2D eigenvalue weighted by Gasteiger charge is -2.19. The Bertz CT molecular complexity index is 467. The van der Waals surface area contributed by atoms with Gasteiger partial charge in [0.2, 0.25) is 0 Å². The molecule has 1 saturated heterocycles. The van der Waals surface area contributed by atoms with Crippen LogP contribution in [0.2, 0.25) is 10.0 Å². The molecule has 1 aromatic rings. The van der Waals surface area contributed by atoms with Gasteiger partial charge in [0, 0.05) is 29.2 Å². The van der Waals surface area contributed by atoms with Gasteiger partial charge in [-0.15, -0.1) is 0 Å². The maximum atomic E-state index is 9.95. The van der Waals surface area contributed by atoms with E-state index in [4.69, 9.17) is 32.7 Å². The number of halogens is 2. The maximum Gasteiger partial charge on any atom is 0.0897 e. The first kappa shape index (κ1) is 18.0. The molecule has 1 heterocycles. The summed E-state index contributed by atoms with van der Waals surface area (Å²) < 4.78 is 11.0. The zero-order valence-corrected chi connectivity index (χ0v) is 14.2. The molecule has 0 amide bonds. The molecule has 0 aliphatic carbocycles. The van der Waals surface area contributed by atoms with Crippen LogP contribution in [0.4, 0.5) is 0 Å². The first-order valence-corrected chi connectivity index (χ1v) is 8.37. The predicted octanol–water partition coefficient (Wildman–Crippen LogP) is 3.20. The number of benzene rings is 1. The minimum absolute atomic E-state index is 0.0255. The lowest BCUT2D eigenvalue weighted by atomic mass is 10.1. The van der Waals surface area contributed by atoms with Crippen LogP contribution in [0.25, 0.3) is 0 Å². The molecule has 0 saturated carbocycles. The Hall–Kier alpha value is -0.360. The molecule has 0 radical (unpaired) electrons. The number of hydrogen-bond donors (Lipinski definition) is 2. The zero-order valence-electron chi connectivity index (χ0n) is 12.7. The summed E-state index contributed by atoms with van der Waals surface area (Å²) in [7, 11) is 0. The summed E-state index contributed by atoms with van der Waals surface area (Å²) in [6.07, 6.45) is 1.76. The molecular weight excluding hydrogens is 325 g/mol. The lowest BCUT2D eigenvalue weighted by Crippen LogP contribution is -2.33. The highest BCUT2D eigenvalue weighted by Gasteiger charge is 2.16. The van der Waals surface area contributed by atoms with Crippen molar-refractivity contribution in [3.63, 3.8) is 0 Å². The Morgan fingerprint density at radius 2 is 2.27 bits per heavy atom. The smallest absolute Gasteiger partial charge is 0.0897 e.